The van der Waals surface area contributed by atoms with E-state index >= 15 is 0 Å². The number of hydrogen-bond acceptors (Lipinski definition) is 6. The van der Waals surface area contributed by atoms with Gasteiger partial charge in [0.25, 0.3) is 0 Å². The molecule has 0 fully saturated rings. The molecule has 1 atom stereocenters. The second-order valence-electron chi connectivity index (χ2n) is 9.14. The largest absolute Gasteiger partial charge is 0.489 e. The maximum absolute atomic E-state index is 11.1. The number of carboxylic acid groups (broad SMARTS) is 1. The number of carbonyl (C=O) groups is 1. The Morgan fingerprint density at radius 2 is 1.80 bits per heavy atom. The number of nitriles is 1. The fraction of sp³-hybridized carbons (Fsp3) is 0.321. The Hall–Kier alpha value is -3.73. The Labute approximate surface area is 206 Å². The van der Waals surface area contributed by atoms with Gasteiger partial charge in [-0.15, -0.1) is 0 Å². The van der Waals surface area contributed by atoms with Crippen LogP contribution in [0.4, 0.5) is 0 Å². The second-order valence-corrected chi connectivity index (χ2v) is 9.14. The SMILES string of the molecule is CC(C)(CCCc1ccncc1)NC[C@H](O)COc1cc(-c2ccc(C(=O)O)cc2)ccc1C#N. The third-order valence-electron chi connectivity index (χ3n) is 5.83. The highest BCUT2D eigenvalue weighted by molar-refractivity contribution is 5.88. The standard InChI is InChI=1S/C28H31N3O4/c1-28(2,13-3-4-20-11-14-30-15-12-20)31-18-25(32)19-35-26-16-23(9-10-24(26)17-29)21-5-7-22(8-6-21)27(33)34/h5-12,14-16,25,31-32H,3-4,13,18-19H2,1-2H3,(H,33,34)/t25-/m0/s1. The Bertz CT molecular complexity index is 1160. The van der Waals surface area contributed by atoms with Crippen molar-refractivity contribution in [2.75, 3.05) is 13.2 Å². The molecule has 7 nitrogen and oxygen atoms in total. The molecule has 0 aliphatic heterocycles. The summed E-state index contributed by atoms with van der Waals surface area (Å²) in [4.78, 5) is 15.1. The van der Waals surface area contributed by atoms with Crippen molar-refractivity contribution in [1.29, 1.82) is 5.26 Å². The number of nitrogens with one attached hydrogen (secondary N) is 1. The van der Waals surface area contributed by atoms with Crippen LogP contribution >= 0.6 is 0 Å². The van der Waals surface area contributed by atoms with Gasteiger partial charge in [-0.05, 0) is 86.2 Å². The van der Waals surface area contributed by atoms with E-state index in [-0.39, 0.29) is 17.7 Å². The van der Waals surface area contributed by atoms with Crippen molar-refractivity contribution in [1.82, 2.24) is 10.3 Å². The summed E-state index contributed by atoms with van der Waals surface area (Å²) in [5.74, 6) is -0.608. The van der Waals surface area contributed by atoms with Crippen molar-refractivity contribution in [3.8, 4) is 22.9 Å². The summed E-state index contributed by atoms with van der Waals surface area (Å²) in [5, 5.41) is 32.4. The molecule has 0 radical (unpaired) electrons. The van der Waals surface area contributed by atoms with E-state index in [1.807, 2.05) is 12.1 Å². The molecule has 1 aromatic heterocycles. The predicted molar refractivity (Wildman–Crippen MR) is 134 cm³/mol. The van der Waals surface area contributed by atoms with Crippen LogP contribution in [0.5, 0.6) is 5.75 Å². The average molecular weight is 474 g/mol. The average Bonchev–Trinajstić information content (AvgIpc) is 2.86. The third-order valence-corrected chi connectivity index (χ3v) is 5.83. The minimum Gasteiger partial charge on any atom is -0.489 e. The van der Waals surface area contributed by atoms with Crippen molar-refractivity contribution in [2.45, 2.75) is 44.8 Å². The number of pyridine rings is 1. The van der Waals surface area contributed by atoms with E-state index in [0.717, 1.165) is 30.4 Å². The topological polar surface area (TPSA) is 115 Å². The van der Waals surface area contributed by atoms with E-state index in [0.29, 0.717) is 17.9 Å². The molecule has 3 N–H and O–H groups in total. The first-order valence-electron chi connectivity index (χ1n) is 11.6. The van der Waals surface area contributed by atoms with E-state index in [4.69, 9.17) is 9.84 Å². The minimum absolute atomic E-state index is 0.0379. The second kappa shape index (κ2) is 12.1. The smallest absolute Gasteiger partial charge is 0.335 e. The van der Waals surface area contributed by atoms with Gasteiger partial charge in [-0.3, -0.25) is 4.98 Å². The summed E-state index contributed by atoms with van der Waals surface area (Å²) in [6.45, 7) is 4.62. The molecule has 0 spiro atoms. The lowest BCUT2D eigenvalue weighted by Crippen LogP contribution is -2.44. The zero-order valence-corrected chi connectivity index (χ0v) is 20.1. The van der Waals surface area contributed by atoms with Gasteiger partial charge in [0, 0.05) is 24.5 Å². The molecule has 3 rings (SSSR count). The number of aromatic nitrogens is 1. The summed E-state index contributed by atoms with van der Waals surface area (Å²) in [6, 6.07) is 17.8. The van der Waals surface area contributed by atoms with Gasteiger partial charge in [0.2, 0.25) is 0 Å². The monoisotopic (exact) mass is 473 g/mol. The molecule has 0 saturated heterocycles. The maximum Gasteiger partial charge on any atom is 0.335 e. The number of aliphatic hydroxyl groups excluding tert-OH is 1. The fourth-order valence-electron chi connectivity index (χ4n) is 3.73. The fourth-order valence-corrected chi connectivity index (χ4v) is 3.73. The summed E-state index contributed by atoms with van der Waals surface area (Å²) < 4.78 is 5.81. The molecule has 3 aromatic rings. The van der Waals surface area contributed by atoms with Crippen molar-refractivity contribution < 1.29 is 19.7 Å². The number of aromatic carboxylic acids is 1. The van der Waals surface area contributed by atoms with Gasteiger partial charge in [-0.1, -0.05) is 18.2 Å². The van der Waals surface area contributed by atoms with Crippen molar-refractivity contribution in [3.63, 3.8) is 0 Å². The normalized spacial score (nSPS) is 12.1. The zero-order valence-electron chi connectivity index (χ0n) is 20.1. The predicted octanol–water partition coefficient (Wildman–Crippen LogP) is 4.45. The number of benzene rings is 2. The van der Waals surface area contributed by atoms with E-state index in [1.165, 1.54) is 17.7 Å². The van der Waals surface area contributed by atoms with Gasteiger partial charge in [0.15, 0.2) is 0 Å². The number of hydrogen-bond donors (Lipinski definition) is 3. The number of carboxylic acids is 1. The molecule has 0 bridgehead atoms. The highest BCUT2D eigenvalue weighted by Crippen LogP contribution is 2.27. The van der Waals surface area contributed by atoms with Crippen LogP contribution in [0.15, 0.2) is 67.0 Å². The van der Waals surface area contributed by atoms with Crippen LogP contribution in [0.1, 0.15) is 48.2 Å². The van der Waals surface area contributed by atoms with Gasteiger partial charge in [0.05, 0.1) is 11.1 Å². The van der Waals surface area contributed by atoms with Crippen molar-refractivity contribution in [3.05, 3.63) is 83.7 Å². The van der Waals surface area contributed by atoms with Gasteiger partial charge in [0.1, 0.15) is 24.5 Å². The molecule has 0 unspecified atom stereocenters. The van der Waals surface area contributed by atoms with E-state index in [1.54, 1.807) is 42.7 Å². The molecule has 182 valence electrons. The first-order chi connectivity index (χ1) is 16.8. The maximum atomic E-state index is 11.1. The number of rotatable bonds is 12. The summed E-state index contributed by atoms with van der Waals surface area (Å²) in [5.41, 5.74) is 3.28. The lowest BCUT2D eigenvalue weighted by molar-refractivity contribution is 0.0697. The van der Waals surface area contributed by atoms with Crippen molar-refractivity contribution >= 4 is 5.97 Å². The Morgan fingerprint density at radius 1 is 1.11 bits per heavy atom. The van der Waals surface area contributed by atoms with Crippen molar-refractivity contribution in [2.24, 2.45) is 0 Å². The van der Waals surface area contributed by atoms with Gasteiger partial charge in [-0.25, -0.2) is 4.79 Å². The van der Waals surface area contributed by atoms with Crippen LogP contribution in [0, 0.1) is 11.3 Å². The zero-order chi connectivity index (χ0) is 25.3. The van der Waals surface area contributed by atoms with Gasteiger partial charge >= 0.3 is 5.97 Å². The number of β-amino-alcohol motifs (C(OH)–C–C–N with tert-alkyl or cyclic N) is 1. The minimum atomic E-state index is -0.986. The Morgan fingerprint density at radius 3 is 2.46 bits per heavy atom. The van der Waals surface area contributed by atoms with Crippen LogP contribution in [0.3, 0.4) is 0 Å². The highest BCUT2D eigenvalue weighted by atomic mass is 16.5. The number of aliphatic hydroxyl groups is 1. The quantitative estimate of drug-likeness (QED) is 0.356. The van der Waals surface area contributed by atoms with E-state index in [9.17, 15) is 15.2 Å². The van der Waals surface area contributed by atoms with Crippen LogP contribution < -0.4 is 10.1 Å². The molecule has 0 saturated carbocycles. The number of ether oxygens (including phenoxy) is 1. The Balaban J connectivity index is 1.52. The molecule has 0 aliphatic carbocycles. The summed E-state index contributed by atoms with van der Waals surface area (Å²) >= 11 is 0. The molecule has 0 amide bonds. The molecule has 7 heteroatoms. The van der Waals surface area contributed by atoms with Crippen LogP contribution in [0.25, 0.3) is 11.1 Å². The molecular formula is C28H31N3O4. The first kappa shape index (κ1) is 25.9. The van der Waals surface area contributed by atoms with Gasteiger partial charge in [-0.2, -0.15) is 5.26 Å². The lowest BCUT2D eigenvalue weighted by Gasteiger charge is -2.28. The first-order valence-corrected chi connectivity index (χ1v) is 11.6. The molecule has 2 aromatic carbocycles. The molecule has 35 heavy (non-hydrogen) atoms. The summed E-state index contributed by atoms with van der Waals surface area (Å²) in [6.07, 6.45) is 5.80. The highest BCUT2D eigenvalue weighted by Gasteiger charge is 2.19. The molecule has 1 heterocycles. The van der Waals surface area contributed by atoms with Crippen LogP contribution in [-0.2, 0) is 6.42 Å². The van der Waals surface area contributed by atoms with E-state index < -0.39 is 12.1 Å². The van der Waals surface area contributed by atoms with Crippen LogP contribution in [-0.4, -0.2) is 46.0 Å². The summed E-state index contributed by atoms with van der Waals surface area (Å²) in [7, 11) is 0. The number of nitrogens with zero attached hydrogens (tertiary/aromatic N) is 2. The van der Waals surface area contributed by atoms with E-state index in [2.05, 4.69) is 30.2 Å². The lowest BCUT2D eigenvalue weighted by atomic mass is 9.95. The molecule has 0 aliphatic rings. The number of aryl methyl sites for hydroxylation is 1. The third kappa shape index (κ3) is 7.92. The van der Waals surface area contributed by atoms with Crippen LogP contribution in [0.2, 0.25) is 0 Å². The van der Waals surface area contributed by atoms with Gasteiger partial charge < -0.3 is 20.3 Å². The Kier molecular flexibility index (Phi) is 8.96. The molecular weight excluding hydrogens is 442 g/mol.